The maximum absolute atomic E-state index is 13.4. The van der Waals surface area contributed by atoms with Gasteiger partial charge in [-0.3, -0.25) is 9.59 Å². The summed E-state index contributed by atoms with van der Waals surface area (Å²) < 4.78 is 0. The number of rotatable bonds is 40. The smallest absolute Gasteiger partial charge is 0.224 e. The summed E-state index contributed by atoms with van der Waals surface area (Å²) in [4.78, 5) is 26.8. The van der Waals surface area contributed by atoms with E-state index in [9.17, 15) is 9.59 Å². The first-order chi connectivity index (χ1) is 24.1. The quantitative estimate of drug-likeness (QED) is 0.0497. The summed E-state index contributed by atoms with van der Waals surface area (Å²) in [5.74, 6) is 0.493. The minimum absolute atomic E-state index is 0.0857. The molecule has 0 rings (SSSR count). The van der Waals surface area contributed by atoms with Crippen LogP contribution in [-0.4, -0.2) is 18.5 Å². The van der Waals surface area contributed by atoms with Crippen LogP contribution >= 0.6 is 0 Å². The van der Waals surface area contributed by atoms with Gasteiger partial charge >= 0.3 is 0 Å². The van der Waals surface area contributed by atoms with Crippen LogP contribution in [0.15, 0.2) is 0 Å². The van der Waals surface area contributed by atoms with Crippen LogP contribution in [0, 0.1) is 11.8 Å². The number of carbonyl (C=O) groups excluding carboxylic acids is 2. The third kappa shape index (κ3) is 33.8. The van der Waals surface area contributed by atoms with Crippen molar-refractivity contribution in [3.05, 3.63) is 0 Å². The Morgan fingerprint density at radius 2 is 0.490 bits per heavy atom. The first kappa shape index (κ1) is 47.9. The zero-order valence-electron chi connectivity index (χ0n) is 34.1. The predicted molar refractivity (Wildman–Crippen MR) is 217 cm³/mol. The van der Waals surface area contributed by atoms with Crippen molar-refractivity contribution in [2.75, 3.05) is 6.67 Å². The Hall–Kier alpha value is -1.06. The lowest BCUT2D eigenvalue weighted by atomic mass is 9.93. The molecule has 49 heavy (non-hydrogen) atoms. The fraction of sp³-hybridized carbons (Fsp3) is 0.956. The maximum atomic E-state index is 13.4. The molecular weight excluding hydrogens is 601 g/mol. The van der Waals surface area contributed by atoms with Crippen LogP contribution in [0.25, 0.3) is 0 Å². The van der Waals surface area contributed by atoms with Gasteiger partial charge in [0.05, 0.1) is 6.67 Å². The first-order valence-electron chi connectivity index (χ1n) is 22.7. The summed E-state index contributed by atoms with van der Waals surface area (Å²) in [6, 6.07) is 0. The molecule has 0 aromatic heterocycles. The highest BCUT2D eigenvalue weighted by Crippen LogP contribution is 2.22. The summed E-state index contributed by atoms with van der Waals surface area (Å²) in [5, 5.41) is 6.30. The second-order valence-electron chi connectivity index (χ2n) is 15.7. The standard InChI is InChI=1S/C45H90N2O2/c1-5-9-13-17-21-25-29-33-37-42(38-34-30-26-22-18-14-10-6-2)44(48)46-41-47-45(49)43(39-35-31-27-23-19-15-11-7-3)40-36-32-28-24-20-16-12-8-4/h42-43H,5-41H2,1-4H3,(H,46,48)(H,47,49). The van der Waals surface area contributed by atoms with Crippen LogP contribution in [0.4, 0.5) is 0 Å². The molecule has 2 amide bonds. The lowest BCUT2D eigenvalue weighted by Gasteiger charge is -2.20. The Balaban J connectivity index is 4.75. The van der Waals surface area contributed by atoms with E-state index >= 15 is 0 Å². The summed E-state index contributed by atoms with van der Waals surface area (Å²) in [7, 11) is 0. The molecule has 0 radical (unpaired) electrons. The average molecular weight is 691 g/mol. The van der Waals surface area contributed by atoms with Crippen molar-refractivity contribution in [1.82, 2.24) is 10.6 Å². The fourth-order valence-electron chi connectivity index (χ4n) is 7.42. The van der Waals surface area contributed by atoms with E-state index in [0.29, 0.717) is 0 Å². The Bertz CT molecular complexity index is 585. The van der Waals surface area contributed by atoms with Crippen molar-refractivity contribution in [2.45, 2.75) is 259 Å². The van der Waals surface area contributed by atoms with Crippen LogP contribution in [-0.2, 0) is 9.59 Å². The topological polar surface area (TPSA) is 58.2 Å². The van der Waals surface area contributed by atoms with E-state index in [4.69, 9.17) is 0 Å². The largest absolute Gasteiger partial charge is 0.338 e. The van der Waals surface area contributed by atoms with Gasteiger partial charge in [-0.05, 0) is 25.7 Å². The van der Waals surface area contributed by atoms with Gasteiger partial charge in [0.2, 0.25) is 11.8 Å². The van der Waals surface area contributed by atoms with Gasteiger partial charge in [0.15, 0.2) is 0 Å². The van der Waals surface area contributed by atoms with Gasteiger partial charge in [-0.1, -0.05) is 233 Å². The summed E-state index contributed by atoms with van der Waals surface area (Å²) in [5.41, 5.74) is 0. The molecule has 4 nitrogen and oxygen atoms in total. The molecule has 0 bridgehead atoms. The molecule has 0 saturated carbocycles. The highest BCUT2D eigenvalue weighted by atomic mass is 16.2. The molecule has 0 aliphatic carbocycles. The van der Waals surface area contributed by atoms with Crippen LogP contribution in [0.5, 0.6) is 0 Å². The summed E-state index contributed by atoms with van der Waals surface area (Å²) in [6.07, 6.45) is 45.6. The molecule has 0 aromatic rings. The van der Waals surface area contributed by atoms with Crippen LogP contribution < -0.4 is 10.6 Å². The lowest BCUT2D eigenvalue weighted by molar-refractivity contribution is -0.127. The number of unbranched alkanes of at least 4 members (excludes halogenated alkanes) is 28. The van der Waals surface area contributed by atoms with E-state index in [1.165, 1.54) is 180 Å². The molecule has 2 N–H and O–H groups in total. The molecule has 4 heteroatoms. The number of carbonyl (C=O) groups is 2. The van der Waals surface area contributed by atoms with E-state index in [1.807, 2.05) is 0 Å². The predicted octanol–water partition coefficient (Wildman–Crippen LogP) is 14.5. The molecule has 0 fully saturated rings. The maximum Gasteiger partial charge on any atom is 0.224 e. The molecule has 0 aromatic carbocycles. The fourth-order valence-corrected chi connectivity index (χ4v) is 7.42. The second-order valence-corrected chi connectivity index (χ2v) is 15.7. The van der Waals surface area contributed by atoms with Gasteiger partial charge in [-0.2, -0.15) is 0 Å². The van der Waals surface area contributed by atoms with Crippen molar-refractivity contribution in [3.63, 3.8) is 0 Å². The molecule has 0 unspecified atom stereocenters. The lowest BCUT2D eigenvalue weighted by Crippen LogP contribution is -2.42. The van der Waals surface area contributed by atoms with Crippen molar-refractivity contribution in [1.29, 1.82) is 0 Å². The SMILES string of the molecule is CCCCCCCCCCC(CCCCCCCCCC)C(=O)NCNC(=O)C(CCCCCCCCCC)CCCCCCCCCC. The van der Waals surface area contributed by atoms with Gasteiger partial charge in [-0.25, -0.2) is 0 Å². The van der Waals surface area contributed by atoms with Crippen LogP contribution in [0.3, 0.4) is 0 Å². The van der Waals surface area contributed by atoms with E-state index in [-0.39, 0.29) is 30.3 Å². The molecule has 0 aliphatic rings. The van der Waals surface area contributed by atoms with E-state index < -0.39 is 0 Å². The van der Waals surface area contributed by atoms with Crippen LogP contribution in [0.1, 0.15) is 259 Å². The molecule has 292 valence electrons. The number of hydrogen-bond donors (Lipinski definition) is 2. The first-order valence-corrected chi connectivity index (χ1v) is 22.7. The molecule has 0 heterocycles. The number of amides is 2. The Morgan fingerprint density at radius 3 is 0.694 bits per heavy atom. The normalized spacial score (nSPS) is 11.6. The molecule has 0 spiro atoms. The minimum Gasteiger partial charge on any atom is -0.338 e. The summed E-state index contributed by atoms with van der Waals surface area (Å²) >= 11 is 0. The van der Waals surface area contributed by atoms with E-state index in [1.54, 1.807) is 0 Å². The van der Waals surface area contributed by atoms with Crippen molar-refractivity contribution >= 4 is 11.8 Å². The Labute approximate surface area is 308 Å². The molecule has 0 saturated heterocycles. The zero-order chi connectivity index (χ0) is 35.9. The average Bonchev–Trinajstić information content (AvgIpc) is 3.10. The Morgan fingerprint density at radius 1 is 0.306 bits per heavy atom. The summed E-state index contributed by atoms with van der Waals surface area (Å²) in [6.45, 7) is 9.39. The third-order valence-corrected chi connectivity index (χ3v) is 10.9. The van der Waals surface area contributed by atoms with Gasteiger partial charge < -0.3 is 10.6 Å². The van der Waals surface area contributed by atoms with Gasteiger partial charge in [0.25, 0.3) is 0 Å². The highest BCUT2D eigenvalue weighted by molar-refractivity contribution is 5.81. The van der Waals surface area contributed by atoms with Gasteiger partial charge in [0.1, 0.15) is 0 Å². The zero-order valence-corrected chi connectivity index (χ0v) is 34.1. The van der Waals surface area contributed by atoms with E-state index in [0.717, 1.165) is 51.4 Å². The van der Waals surface area contributed by atoms with Crippen molar-refractivity contribution < 1.29 is 9.59 Å². The number of nitrogens with one attached hydrogen (secondary N) is 2. The molecule has 0 atom stereocenters. The van der Waals surface area contributed by atoms with Crippen LogP contribution in [0.2, 0.25) is 0 Å². The highest BCUT2D eigenvalue weighted by Gasteiger charge is 2.20. The van der Waals surface area contributed by atoms with Crippen molar-refractivity contribution in [2.24, 2.45) is 11.8 Å². The Kier molecular flexibility index (Phi) is 38.9. The number of hydrogen-bond acceptors (Lipinski definition) is 2. The second kappa shape index (κ2) is 39.7. The van der Waals surface area contributed by atoms with Crippen molar-refractivity contribution in [3.8, 4) is 0 Å². The molecular formula is C45H90N2O2. The third-order valence-electron chi connectivity index (χ3n) is 10.9. The van der Waals surface area contributed by atoms with E-state index in [2.05, 4.69) is 38.3 Å². The van der Waals surface area contributed by atoms with Gasteiger partial charge in [0, 0.05) is 11.8 Å². The molecule has 0 aliphatic heterocycles. The monoisotopic (exact) mass is 691 g/mol. The van der Waals surface area contributed by atoms with Gasteiger partial charge in [-0.15, -0.1) is 0 Å². The minimum atomic E-state index is 0.0857.